The summed E-state index contributed by atoms with van der Waals surface area (Å²) in [6, 6.07) is 48.2. The van der Waals surface area contributed by atoms with Gasteiger partial charge in [-0.05, 0) is 117 Å². The molecule has 5 saturated carbocycles. The third-order valence-electron chi connectivity index (χ3n) is 18.4. The predicted octanol–water partition coefficient (Wildman–Crippen LogP) is 8.44. The standard InChI is InChI=1S/C13H17NO2.C12H13NO.C12H15N.C11H11N.C11H15N.2C4H8O.C2H3ClO2.4CH4.2Al.B.2Li.H2.8H/c1-16-12(15)14-10-13(8-5-9-13)11-6-3-2-4-7-11;14-11-9-4-1-2-5-10(9)12(8-13-11)6-3-7-12;1-2-5-11-10(4-1)8-13-9-12(11)6-3-7-12;1-12-11(8-5-9-11)10-6-3-2-4-7-10;12-9-11(7-4-8-11)10-5-2-1-3-6-10;2*1-2-4-5-3-1;1-5-2(3)4;;;;;;;;;;;;;;;;;;/h2-4,6-7H,5,8-10H2,1H3,(H,14,15);1-2,4-5H,3,6-8H2,(H,13,14);1-2,4-5,13H,3,6-9H2;2-4,6-7H,5,8-9H2;1-3,5-6H,4,7-9,12H2;2*1-4H2;1H3;4*1H4;;;;;;1H;;;;;;;;/q;;;;;;;;;;;;;;;2*+1;;;;;;;;2*-1/i;;;;;;;;;;;;;;;;;1+1;;;;;;;;. The van der Waals surface area contributed by atoms with E-state index < -0.39 is 5.43 Å². The van der Waals surface area contributed by atoms with Crippen molar-refractivity contribution in [2.45, 2.75) is 185 Å². The molecule has 9 aliphatic rings. The minimum atomic E-state index is -0.773. The molecular formula is C73H116Al2BClLi2N5O7. The molecule has 2 saturated heterocycles. The molecule has 0 aromatic heterocycles. The van der Waals surface area contributed by atoms with Crippen LogP contribution in [0.4, 0.5) is 9.59 Å². The number of ether oxygens (including phenoxy) is 4. The Balaban J connectivity index is -0.000000237. The maximum Gasteiger partial charge on any atom is 1.00 e. The molecule has 493 valence electrons. The Kier molecular flexibility index (Phi) is 47.4. The van der Waals surface area contributed by atoms with Gasteiger partial charge in [0.1, 0.15) is 0 Å². The van der Waals surface area contributed by atoms with Crippen molar-refractivity contribution in [1.82, 2.24) is 16.0 Å². The Hall–Kier alpha value is -3.75. The fourth-order valence-corrected chi connectivity index (χ4v) is 12.4. The third kappa shape index (κ3) is 25.4. The van der Waals surface area contributed by atoms with Crippen LogP contribution in [0.25, 0.3) is 4.85 Å². The maximum absolute atomic E-state index is 11.6. The van der Waals surface area contributed by atoms with E-state index in [1.54, 1.807) is 5.56 Å². The number of methoxy groups -OCH3 is 2. The Morgan fingerprint density at radius 2 is 0.978 bits per heavy atom. The minimum Gasteiger partial charge on any atom is -1.00 e. The van der Waals surface area contributed by atoms with Crippen LogP contribution < -0.4 is 59.4 Å². The molecule has 91 heavy (non-hydrogen) atoms. The average Bonchev–Trinajstić information content (AvgIpc) is 0.789. The first-order chi connectivity index (χ1) is 40.0. The Morgan fingerprint density at radius 3 is 1.34 bits per heavy atom. The van der Waals surface area contributed by atoms with Gasteiger partial charge in [0.05, 0.1) is 14.2 Å². The molecule has 0 atom stereocenters. The zero-order valence-electron chi connectivity index (χ0n) is 53.4. The van der Waals surface area contributed by atoms with Gasteiger partial charge in [-0.15, -0.1) is 0 Å². The van der Waals surface area contributed by atoms with E-state index in [1.807, 2.05) is 54.6 Å². The summed E-state index contributed by atoms with van der Waals surface area (Å²) in [5, 5.41) is 9.34. The van der Waals surface area contributed by atoms with Gasteiger partial charge in [0, 0.05) is 126 Å². The van der Waals surface area contributed by atoms with Gasteiger partial charge in [-0.3, -0.25) is 4.79 Å². The quantitative estimate of drug-likeness (QED) is 0.0746. The molecule has 5 aromatic rings. The van der Waals surface area contributed by atoms with E-state index in [0.717, 1.165) is 77.3 Å². The van der Waals surface area contributed by atoms with E-state index >= 15 is 0 Å². The number of nitrogens with zero attached hydrogens (tertiary/aromatic N) is 1. The summed E-state index contributed by atoms with van der Waals surface area (Å²) in [6.07, 6.45) is 23.4. The molecular weight excluding hydrogens is 1170 g/mol. The number of hydrogen-bond donors (Lipinski definition) is 4. The van der Waals surface area contributed by atoms with Crippen molar-refractivity contribution in [2.75, 3.05) is 66.8 Å². The topological polar surface area (TPSA) is 155 Å². The smallest absolute Gasteiger partial charge is 1.00 e. The Bertz CT molecular complexity index is 2770. The molecule has 0 bridgehead atoms. The number of halogens is 1. The van der Waals surface area contributed by atoms with Crippen LogP contribution in [0.15, 0.2) is 140 Å². The van der Waals surface area contributed by atoms with Gasteiger partial charge < -0.3 is 48.3 Å². The number of rotatable bonds is 6. The van der Waals surface area contributed by atoms with E-state index in [4.69, 9.17) is 21.8 Å². The van der Waals surface area contributed by atoms with Gasteiger partial charge >= 0.3 is 49.2 Å². The number of amides is 2. The fraction of sp³-hybridized carbons (Fsp3) is 0.534. The number of benzene rings is 5. The number of fused-ring (bicyclic) bond motifs is 4. The van der Waals surface area contributed by atoms with Crippen LogP contribution >= 0.6 is 11.6 Å². The van der Waals surface area contributed by atoms with Gasteiger partial charge in [0.25, 0.3) is 11.4 Å². The molecule has 7 fully saturated rings. The van der Waals surface area contributed by atoms with Crippen molar-refractivity contribution < 1.29 is 75.3 Å². The average molecular weight is 1290 g/mol. The van der Waals surface area contributed by atoms with Gasteiger partial charge in [-0.25, -0.2) is 16.2 Å². The molecule has 4 heterocycles. The second-order valence-corrected chi connectivity index (χ2v) is 23.6. The zero-order valence-corrected chi connectivity index (χ0v) is 52.2. The molecule has 4 aliphatic heterocycles. The summed E-state index contributed by atoms with van der Waals surface area (Å²) >= 11 is 4.60. The van der Waals surface area contributed by atoms with Crippen LogP contribution in [-0.2, 0) is 52.7 Å². The molecule has 2 amide bonds. The largest absolute Gasteiger partial charge is 1.00 e. The SMILES string of the molecule is C.C.C.C.C1CCOC1.C1CCOC1.COC(=O)Cl.COC(=O)NCC1(c2ccccc2)CCC1.NCC1(c2ccccc2)CCC1.O=C1NCC2(CCC2)c2ccccc21.[2HH].[AlH3].[AlH3].[B].[C-]#[N+]C1(c2ccccc2)CCC1.[H-].[H-].[Li+].[Li+].c1ccc2c(c1)CNCC21CCC1. The van der Waals surface area contributed by atoms with Crippen LogP contribution in [0, 0.1) is 6.57 Å². The summed E-state index contributed by atoms with van der Waals surface area (Å²) in [4.78, 5) is 35.8. The Morgan fingerprint density at radius 1 is 0.582 bits per heavy atom. The summed E-state index contributed by atoms with van der Waals surface area (Å²) in [7, 11) is 2.61. The van der Waals surface area contributed by atoms with E-state index in [9.17, 15) is 14.4 Å². The molecule has 18 heteroatoms. The van der Waals surface area contributed by atoms with Gasteiger partial charge in [-0.2, -0.15) is 0 Å². The maximum atomic E-state index is 11.6. The van der Waals surface area contributed by atoms with Gasteiger partial charge in [0.15, 0.2) is 34.7 Å². The summed E-state index contributed by atoms with van der Waals surface area (Å²) in [5.74, 6) is 0.0955. The number of carbonyl (C=O) groups excluding carboxylic acids is 3. The minimum absolute atomic E-state index is 0. The normalized spacial score (nSPS) is 18.1. The number of nitrogens with two attached hydrogens (primary N) is 1. The van der Waals surface area contributed by atoms with E-state index in [-0.39, 0.29) is 143 Å². The third-order valence-corrected chi connectivity index (χ3v) is 18.5. The second-order valence-electron chi connectivity index (χ2n) is 23.2. The molecule has 14 rings (SSSR count). The van der Waals surface area contributed by atoms with Crippen molar-refractivity contribution in [3.63, 3.8) is 0 Å². The summed E-state index contributed by atoms with van der Waals surface area (Å²) in [6.45, 7) is 15.7. The monoisotopic (exact) mass is 1290 g/mol. The van der Waals surface area contributed by atoms with Crippen molar-refractivity contribution in [3.05, 3.63) is 190 Å². The van der Waals surface area contributed by atoms with E-state index in [0.29, 0.717) is 17.4 Å². The summed E-state index contributed by atoms with van der Waals surface area (Å²) in [5.41, 5.74) is 15.4. The van der Waals surface area contributed by atoms with Crippen molar-refractivity contribution in [2.24, 2.45) is 5.73 Å². The number of nitrogens with one attached hydrogen (secondary N) is 3. The first-order valence-corrected chi connectivity index (χ1v) is 30.5. The summed E-state index contributed by atoms with van der Waals surface area (Å²) < 4.78 is 18.4. The molecule has 5 N–H and O–H groups in total. The fourth-order valence-electron chi connectivity index (χ4n) is 12.4. The Labute approximate surface area is 606 Å². The predicted molar refractivity (Wildman–Crippen MR) is 385 cm³/mol. The second kappa shape index (κ2) is 47.2. The molecule has 12 nitrogen and oxygen atoms in total. The van der Waals surface area contributed by atoms with E-state index in [2.05, 4.69) is 127 Å². The van der Waals surface area contributed by atoms with Crippen LogP contribution in [-0.4, -0.2) is 127 Å². The zero-order chi connectivity index (χ0) is 58.0. The van der Waals surface area contributed by atoms with Crippen molar-refractivity contribution in [3.8, 4) is 0 Å². The number of carbonyl (C=O) groups is 3. The first kappa shape index (κ1) is 91.4. The molecule has 2 spiro atoms. The van der Waals surface area contributed by atoms with E-state index in [1.165, 1.54) is 145 Å². The van der Waals surface area contributed by atoms with Crippen LogP contribution in [0.1, 0.15) is 200 Å². The molecule has 3 radical (unpaired) electrons. The molecule has 0 unspecified atom stereocenters. The van der Waals surface area contributed by atoms with Crippen LogP contribution in [0.5, 0.6) is 0 Å². The molecule has 5 aromatic carbocycles. The van der Waals surface area contributed by atoms with Gasteiger partial charge in [-0.1, -0.05) is 189 Å². The van der Waals surface area contributed by atoms with Crippen molar-refractivity contribution in [1.29, 1.82) is 0 Å². The first-order valence-electron chi connectivity index (χ1n) is 30.1. The van der Waals surface area contributed by atoms with Gasteiger partial charge in [0.2, 0.25) is 0 Å². The number of hydrogen-bond acceptors (Lipinski definition) is 9. The van der Waals surface area contributed by atoms with Crippen LogP contribution in [0.2, 0.25) is 0 Å². The van der Waals surface area contributed by atoms with Crippen molar-refractivity contribution >= 4 is 72.2 Å². The molecule has 5 aliphatic carbocycles. The van der Waals surface area contributed by atoms with Crippen LogP contribution in [0.3, 0.4) is 0 Å². The number of alkyl carbamates (subject to hydrolysis) is 1.